The van der Waals surface area contributed by atoms with E-state index < -0.39 is 19.1 Å². The molecule has 0 rings (SSSR count). The molecular formula is C8H15Cl2In. The van der Waals surface area contributed by atoms with Gasteiger partial charge in [0.05, 0.1) is 0 Å². The maximum absolute atomic E-state index is 5.71. The van der Waals surface area contributed by atoms with Gasteiger partial charge in [0.1, 0.15) is 0 Å². The van der Waals surface area contributed by atoms with Crippen molar-refractivity contribution >= 4 is 36.2 Å². The summed E-state index contributed by atoms with van der Waals surface area (Å²) in [6.45, 7) is 2.22. The van der Waals surface area contributed by atoms with Gasteiger partial charge >= 0.3 is 85.2 Å². The third-order valence-electron chi connectivity index (χ3n) is 1.51. The van der Waals surface area contributed by atoms with Crippen LogP contribution in [0.2, 0.25) is 0 Å². The first-order valence-electron chi connectivity index (χ1n) is 4.22. The van der Waals surface area contributed by atoms with Crippen molar-refractivity contribution in [1.29, 1.82) is 0 Å². The number of rotatable bonds is 6. The molecule has 0 unspecified atom stereocenters. The van der Waals surface area contributed by atoms with Crippen molar-refractivity contribution in [2.24, 2.45) is 0 Å². The summed E-state index contributed by atoms with van der Waals surface area (Å²) in [5, 5.41) is 0. The molecule has 0 heterocycles. The van der Waals surface area contributed by atoms with Crippen LogP contribution in [0.25, 0.3) is 0 Å². The maximum atomic E-state index is 5.71. The SMILES string of the molecule is CCCCCC/C=[CH]/[In]([Cl])[Cl]. The average molecular weight is 297 g/mol. The molecular weight excluding hydrogens is 282 g/mol. The fourth-order valence-corrected chi connectivity index (χ4v) is 3.40. The molecule has 0 aliphatic rings. The summed E-state index contributed by atoms with van der Waals surface area (Å²) in [6, 6.07) is 0. The Hall–Kier alpha value is 1.19. The average Bonchev–Trinajstić information content (AvgIpc) is 1.96. The third-order valence-corrected chi connectivity index (χ3v) is 5.06. The van der Waals surface area contributed by atoms with E-state index in [9.17, 15) is 0 Å². The number of unbranched alkanes of at least 4 members (excludes halogenated alkanes) is 4. The summed E-state index contributed by atoms with van der Waals surface area (Å²) in [6.07, 6.45) is 8.59. The molecule has 0 aromatic rings. The first-order chi connectivity index (χ1) is 5.27. The molecule has 0 N–H and O–H groups in total. The van der Waals surface area contributed by atoms with E-state index >= 15 is 0 Å². The molecule has 64 valence electrons. The first kappa shape index (κ1) is 12.2. The van der Waals surface area contributed by atoms with Gasteiger partial charge in [-0.1, -0.05) is 0 Å². The molecule has 0 nitrogen and oxygen atoms in total. The molecule has 0 aliphatic heterocycles. The molecule has 0 atom stereocenters. The van der Waals surface area contributed by atoms with Crippen molar-refractivity contribution in [2.75, 3.05) is 0 Å². The van der Waals surface area contributed by atoms with Crippen LogP contribution in [0.1, 0.15) is 39.0 Å². The second-order valence-corrected chi connectivity index (χ2v) is 13.4. The van der Waals surface area contributed by atoms with Gasteiger partial charge in [-0.05, 0) is 0 Å². The molecule has 0 saturated heterocycles. The Morgan fingerprint density at radius 2 is 1.91 bits per heavy atom. The van der Waals surface area contributed by atoms with Crippen LogP contribution in [-0.2, 0) is 0 Å². The van der Waals surface area contributed by atoms with Gasteiger partial charge in [-0.15, -0.1) is 0 Å². The van der Waals surface area contributed by atoms with Crippen LogP contribution in [0, 0.1) is 0 Å². The molecule has 0 radical (unpaired) electrons. The number of hydrogen-bond donors (Lipinski definition) is 0. The zero-order valence-corrected chi connectivity index (χ0v) is 11.8. The fourth-order valence-electron chi connectivity index (χ4n) is 0.888. The molecule has 0 bridgehead atoms. The summed E-state index contributed by atoms with van der Waals surface area (Å²) in [7, 11) is 11.4. The number of hydrogen-bond acceptors (Lipinski definition) is 0. The molecule has 0 fully saturated rings. The second kappa shape index (κ2) is 9.28. The van der Waals surface area contributed by atoms with E-state index in [-0.39, 0.29) is 0 Å². The predicted octanol–water partition coefficient (Wildman–Crippen LogP) is 4.02. The van der Waals surface area contributed by atoms with Crippen molar-refractivity contribution in [3.8, 4) is 0 Å². The molecule has 11 heavy (non-hydrogen) atoms. The van der Waals surface area contributed by atoms with Gasteiger partial charge in [0, 0.05) is 0 Å². The zero-order chi connectivity index (χ0) is 8.53. The van der Waals surface area contributed by atoms with Crippen LogP contribution in [0.4, 0.5) is 0 Å². The van der Waals surface area contributed by atoms with Crippen LogP contribution in [0.15, 0.2) is 9.91 Å². The topological polar surface area (TPSA) is 0 Å². The Morgan fingerprint density at radius 1 is 1.18 bits per heavy atom. The Morgan fingerprint density at radius 3 is 2.45 bits per heavy atom. The second-order valence-electron chi connectivity index (χ2n) is 2.61. The van der Waals surface area contributed by atoms with E-state index in [1.165, 1.54) is 25.7 Å². The Bertz CT molecular complexity index is 102. The molecule has 0 spiro atoms. The van der Waals surface area contributed by atoms with E-state index in [0.29, 0.717) is 0 Å². The predicted molar refractivity (Wildman–Crippen MR) is 55.4 cm³/mol. The summed E-state index contributed by atoms with van der Waals surface area (Å²) in [5.74, 6) is 0. The molecule has 0 saturated carbocycles. The monoisotopic (exact) mass is 296 g/mol. The Labute approximate surface area is 84.6 Å². The van der Waals surface area contributed by atoms with Gasteiger partial charge in [0.2, 0.25) is 0 Å². The molecule has 0 aromatic heterocycles. The Kier molecular flexibility index (Phi) is 10.3. The first-order valence-corrected chi connectivity index (χ1v) is 14.5. The number of halogens is 2. The van der Waals surface area contributed by atoms with Gasteiger partial charge in [-0.2, -0.15) is 0 Å². The summed E-state index contributed by atoms with van der Waals surface area (Å²) in [4.78, 5) is 0. The van der Waals surface area contributed by atoms with Gasteiger partial charge in [0.25, 0.3) is 0 Å². The summed E-state index contributed by atoms with van der Waals surface area (Å²) >= 11 is -2.05. The van der Waals surface area contributed by atoms with Crippen molar-refractivity contribution in [1.82, 2.24) is 0 Å². The van der Waals surface area contributed by atoms with Crippen molar-refractivity contribution < 1.29 is 0 Å². The third kappa shape index (κ3) is 11.2. The van der Waals surface area contributed by atoms with Crippen LogP contribution in [0.5, 0.6) is 0 Å². The molecule has 0 amide bonds. The van der Waals surface area contributed by atoms with E-state index in [0.717, 1.165) is 6.42 Å². The van der Waals surface area contributed by atoms with Gasteiger partial charge in [-0.25, -0.2) is 0 Å². The van der Waals surface area contributed by atoms with E-state index in [2.05, 4.69) is 13.0 Å². The van der Waals surface area contributed by atoms with Crippen molar-refractivity contribution in [3.63, 3.8) is 0 Å². The van der Waals surface area contributed by atoms with Gasteiger partial charge in [0.15, 0.2) is 0 Å². The quantitative estimate of drug-likeness (QED) is 0.650. The van der Waals surface area contributed by atoms with Crippen LogP contribution >= 0.6 is 17.2 Å². The standard InChI is InChI=1S/C8H15.2ClH.In/c1-3-5-7-8-6-4-2;;;/h1,3H,4-8H2,2H3;2*1H;/q;;;+2/p-2. The molecule has 3 heteroatoms. The molecule has 0 aromatic carbocycles. The van der Waals surface area contributed by atoms with E-state index in [4.69, 9.17) is 17.2 Å². The van der Waals surface area contributed by atoms with Crippen LogP contribution in [0.3, 0.4) is 0 Å². The molecule has 0 aliphatic carbocycles. The van der Waals surface area contributed by atoms with Gasteiger partial charge in [-0.3, -0.25) is 0 Å². The van der Waals surface area contributed by atoms with Crippen molar-refractivity contribution in [2.45, 2.75) is 39.0 Å². The normalized spacial score (nSPS) is 10.8. The van der Waals surface area contributed by atoms with Crippen molar-refractivity contribution in [3.05, 3.63) is 9.91 Å². The minimum atomic E-state index is -2.05. The number of allylic oxidation sites excluding steroid dienone is 1. The minimum absolute atomic E-state index is 1.16. The van der Waals surface area contributed by atoms with Gasteiger partial charge < -0.3 is 0 Å². The van der Waals surface area contributed by atoms with E-state index in [1.807, 2.05) is 3.83 Å². The summed E-state index contributed by atoms with van der Waals surface area (Å²) < 4.78 is 2.04. The Balaban J connectivity index is 3.01. The zero-order valence-electron chi connectivity index (χ0n) is 7.02. The van der Waals surface area contributed by atoms with Crippen LogP contribution in [-0.4, -0.2) is 19.1 Å². The van der Waals surface area contributed by atoms with Crippen LogP contribution < -0.4 is 0 Å². The van der Waals surface area contributed by atoms with E-state index in [1.54, 1.807) is 0 Å². The fraction of sp³-hybridized carbons (Fsp3) is 0.750. The summed E-state index contributed by atoms with van der Waals surface area (Å²) in [5.41, 5.74) is 0.